The van der Waals surface area contributed by atoms with E-state index in [0.29, 0.717) is 6.61 Å². The van der Waals surface area contributed by atoms with Gasteiger partial charge in [-0.3, -0.25) is 0 Å². The van der Waals surface area contributed by atoms with Crippen molar-refractivity contribution < 1.29 is 4.74 Å². The number of halogens is 1. The highest BCUT2D eigenvalue weighted by atomic mass is 79.9. The molecule has 0 spiro atoms. The van der Waals surface area contributed by atoms with Gasteiger partial charge in [-0.25, -0.2) is 9.97 Å². The van der Waals surface area contributed by atoms with Gasteiger partial charge in [-0.2, -0.15) is 0 Å². The zero-order chi connectivity index (χ0) is 12.5. The zero-order valence-corrected chi connectivity index (χ0v) is 11.9. The number of rotatable bonds is 2. The first-order valence-electron chi connectivity index (χ1n) is 5.60. The molecule has 0 aromatic carbocycles. The van der Waals surface area contributed by atoms with Gasteiger partial charge < -0.3 is 15.0 Å². The average molecular weight is 301 g/mol. The van der Waals surface area contributed by atoms with E-state index in [1.54, 1.807) is 6.33 Å². The Morgan fingerprint density at radius 1 is 1.47 bits per heavy atom. The standard InChI is InChI=1S/C11H17BrN4O/c1-11(2)6-17-5-4-16(11)10-8(12)9(13-3)14-7-15-10/h7H,4-6H2,1-3H3,(H,13,14,15). The summed E-state index contributed by atoms with van der Waals surface area (Å²) in [4.78, 5) is 10.8. The third kappa shape index (κ3) is 2.37. The molecule has 1 aliphatic heterocycles. The second-order valence-corrected chi connectivity index (χ2v) is 5.42. The van der Waals surface area contributed by atoms with Crippen LogP contribution in [0.5, 0.6) is 0 Å². The first-order chi connectivity index (χ1) is 8.06. The van der Waals surface area contributed by atoms with E-state index in [1.165, 1.54) is 0 Å². The van der Waals surface area contributed by atoms with Gasteiger partial charge in [-0.15, -0.1) is 0 Å². The van der Waals surface area contributed by atoms with Crippen LogP contribution in [0.4, 0.5) is 11.6 Å². The highest BCUT2D eigenvalue weighted by Crippen LogP contribution is 2.34. The molecule has 2 heterocycles. The number of aromatic nitrogens is 2. The third-order valence-electron chi connectivity index (χ3n) is 2.91. The molecule has 17 heavy (non-hydrogen) atoms. The van der Waals surface area contributed by atoms with E-state index in [4.69, 9.17) is 4.74 Å². The van der Waals surface area contributed by atoms with Gasteiger partial charge in [0.05, 0.1) is 18.8 Å². The molecular weight excluding hydrogens is 284 g/mol. The first kappa shape index (κ1) is 12.6. The number of hydrogen-bond acceptors (Lipinski definition) is 5. The van der Waals surface area contributed by atoms with Gasteiger partial charge in [0.2, 0.25) is 0 Å². The fraction of sp³-hybridized carbons (Fsp3) is 0.636. The second-order valence-electron chi connectivity index (χ2n) is 4.63. The molecule has 1 N–H and O–H groups in total. The molecular formula is C11H17BrN4O. The molecule has 0 bridgehead atoms. The number of ether oxygens (including phenoxy) is 1. The number of anilines is 2. The van der Waals surface area contributed by atoms with E-state index in [1.807, 2.05) is 7.05 Å². The predicted octanol–water partition coefficient (Wildman–Crippen LogP) is 1.90. The summed E-state index contributed by atoms with van der Waals surface area (Å²) in [7, 11) is 1.85. The minimum Gasteiger partial charge on any atom is -0.377 e. The average Bonchev–Trinajstić information content (AvgIpc) is 2.30. The Bertz CT molecular complexity index is 410. The van der Waals surface area contributed by atoms with E-state index in [0.717, 1.165) is 29.3 Å². The van der Waals surface area contributed by atoms with Crippen LogP contribution in [0, 0.1) is 0 Å². The normalized spacial score (nSPS) is 19.2. The van der Waals surface area contributed by atoms with Gasteiger partial charge in [-0.05, 0) is 29.8 Å². The minimum absolute atomic E-state index is 0.0554. The van der Waals surface area contributed by atoms with E-state index in [2.05, 4.69) is 50.0 Å². The van der Waals surface area contributed by atoms with Crippen LogP contribution in [0.2, 0.25) is 0 Å². The maximum absolute atomic E-state index is 5.52. The number of hydrogen-bond donors (Lipinski definition) is 1. The molecule has 0 amide bonds. The minimum atomic E-state index is -0.0554. The number of nitrogens with zero attached hydrogens (tertiary/aromatic N) is 3. The van der Waals surface area contributed by atoms with Crippen molar-refractivity contribution in [2.45, 2.75) is 19.4 Å². The van der Waals surface area contributed by atoms with E-state index in [-0.39, 0.29) is 5.54 Å². The highest BCUT2D eigenvalue weighted by molar-refractivity contribution is 9.10. The number of nitrogens with one attached hydrogen (secondary N) is 1. The Morgan fingerprint density at radius 2 is 2.24 bits per heavy atom. The Balaban J connectivity index is 2.39. The zero-order valence-electron chi connectivity index (χ0n) is 10.3. The fourth-order valence-corrected chi connectivity index (χ4v) is 2.59. The summed E-state index contributed by atoms with van der Waals surface area (Å²) in [5.74, 6) is 1.72. The summed E-state index contributed by atoms with van der Waals surface area (Å²) in [6, 6.07) is 0. The van der Waals surface area contributed by atoms with Crippen LogP contribution in [0.15, 0.2) is 10.8 Å². The highest BCUT2D eigenvalue weighted by Gasteiger charge is 2.33. The Labute approximate surface area is 110 Å². The molecule has 0 saturated carbocycles. The van der Waals surface area contributed by atoms with Crippen LogP contribution in [0.3, 0.4) is 0 Å². The van der Waals surface area contributed by atoms with Gasteiger partial charge in [0.15, 0.2) is 0 Å². The Hall–Kier alpha value is -0.880. The van der Waals surface area contributed by atoms with Crippen molar-refractivity contribution in [2.75, 3.05) is 37.0 Å². The van der Waals surface area contributed by atoms with E-state index < -0.39 is 0 Å². The molecule has 1 aliphatic rings. The van der Waals surface area contributed by atoms with E-state index >= 15 is 0 Å². The topological polar surface area (TPSA) is 50.3 Å². The molecule has 0 unspecified atom stereocenters. The summed E-state index contributed by atoms with van der Waals surface area (Å²) in [6.45, 7) is 6.58. The second kappa shape index (κ2) is 4.78. The molecule has 0 atom stereocenters. The molecule has 0 aliphatic carbocycles. The van der Waals surface area contributed by atoms with Crippen molar-refractivity contribution >= 4 is 27.6 Å². The largest absolute Gasteiger partial charge is 0.377 e. The molecule has 1 fully saturated rings. The maximum Gasteiger partial charge on any atom is 0.149 e. The third-order valence-corrected chi connectivity index (χ3v) is 3.64. The van der Waals surface area contributed by atoms with Crippen molar-refractivity contribution in [1.29, 1.82) is 0 Å². The van der Waals surface area contributed by atoms with Gasteiger partial charge >= 0.3 is 0 Å². The molecule has 1 aromatic heterocycles. The quantitative estimate of drug-likeness (QED) is 0.904. The molecule has 94 valence electrons. The number of morpholine rings is 1. The summed E-state index contributed by atoms with van der Waals surface area (Å²) in [5, 5.41) is 3.05. The Morgan fingerprint density at radius 3 is 2.88 bits per heavy atom. The summed E-state index contributed by atoms with van der Waals surface area (Å²) < 4.78 is 6.42. The van der Waals surface area contributed by atoms with Gasteiger partial charge in [0, 0.05) is 13.6 Å². The summed E-state index contributed by atoms with van der Waals surface area (Å²) >= 11 is 3.56. The van der Waals surface area contributed by atoms with Crippen molar-refractivity contribution in [3.8, 4) is 0 Å². The lowest BCUT2D eigenvalue weighted by atomic mass is 10.0. The van der Waals surface area contributed by atoms with Crippen LogP contribution in [-0.2, 0) is 4.74 Å². The van der Waals surface area contributed by atoms with Gasteiger partial charge in [0.25, 0.3) is 0 Å². The van der Waals surface area contributed by atoms with Crippen LogP contribution in [0.25, 0.3) is 0 Å². The molecule has 0 radical (unpaired) electrons. The Kier molecular flexibility index (Phi) is 3.53. The summed E-state index contributed by atoms with van der Waals surface area (Å²) in [5.41, 5.74) is -0.0554. The summed E-state index contributed by atoms with van der Waals surface area (Å²) in [6.07, 6.45) is 1.58. The predicted molar refractivity (Wildman–Crippen MR) is 71.5 cm³/mol. The maximum atomic E-state index is 5.52. The molecule has 1 saturated heterocycles. The van der Waals surface area contributed by atoms with E-state index in [9.17, 15) is 0 Å². The first-order valence-corrected chi connectivity index (χ1v) is 6.39. The lowest BCUT2D eigenvalue weighted by Crippen LogP contribution is -2.53. The van der Waals surface area contributed by atoms with Crippen molar-refractivity contribution in [2.24, 2.45) is 0 Å². The lowest BCUT2D eigenvalue weighted by molar-refractivity contribution is 0.0638. The van der Waals surface area contributed by atoms with Gasteiger partial charge in [0.1, 0.15) is 22.4 Å². The van der Waals surface area contributed by atoms with Crippen LogP contribution >= 0.6 is 15.9 Å². The van der Waals surface area contributed by atoms with Crippen molar-refractivity contribution in [3.63, 3.8) is 0 Å². The van der Waals surface area contributed by atoms with Crippen LogP contribution < -0.4 is 10.2 Å². The molecule has 2 rings (SSSR count). The smallest absolute Gasteiger partial charge is 0.149 e. The molecule has 6 heteroatoms. The monoisotopic (exact) mass is 300 g/mol. The fourth-order valence-electron chi connectivity index (χ4n) is 1.97. The van der Waals surface area contributed by atoms with Crippen LogP contribution in [0.1, 0.15) is 13.8 Å². The van der Waals surface area contributed by atoms with Crippen molar-refractivity contribution in [3.05, 3.63) is 10.8 Å². The SMILES string of the molecule is CNc1ncnc(N2CCOCC2(C)C)c1Br. The molecule has 1 aromatic rings. The molecule has 5 nitrogen and oxygen atoms in total. The van der Waals surface area contributed by atoms with Crippen LogP contribution in [-0.4, -0.2) is 42.3 Å². The van der Waals surface area contributed by atoms with Gasteiger partial charge in [-0.1, -0.05) is 0 Å². The van der Waals surface area contributed by atoms with Crippen molar-refractivity contribution in [1.82, 2.24) is 9.97 Å². The lowest BCUT2D eigenvalue weighted by Gasteiger charge is -2.43.